The van der Waals surface area contributed by atoms with Crippen molar-refractivity contribution in [3.05, 3.63) is 0 Å². The third kappa shape index (κ3) is 2.98. The lowest BCUT2D eigenvalue weighted by Gasteiger charge is -2.31. The number of rotatable bonds is 3. The predicted octanol–water partition coefficient (Wildman–Crippen LogP) is 1.28. The van der Waals surface area contributed by atoms with E-state index in [1.54, 1.807) is 0 Å². The summed E-state index contributed by atoms with van der Waals surface area (Å²) in [6.07, 6.45) is 3.83. The summed E-state index contributed by atoms with van der Waals surface area (Å²) in [5.41, 5.74) is 5.90. The average Bonchev–Trinajstić information content (AvgIpc) is 2.27. The molecule has 0 aromatic rings. The molecular weight excluding hydrogens is 176 g/mol. The Labute approximate surface area is 86.4 Å². The standard InChI is InChI=1S/C11H22N2O/c1-9(2)6-11(8-12)4-3-5-13-10(14)7-11/h9H,3-8,12H2,1-2H3,(H,13,14). The molecular formula is C11H22N2O. The fourth-order valence-corrected chi connectivity index (χ4v) is 2.48. The second-order valence-electron chi connectivity index (χ2n) is 4.93. The SMILES string of the molecule is CC(C)CC1(CN)CCCNC(=O)C1. The quantitative estimate of drug-likeness (QED) is 0.717. The lowest BCUT2D eigenvalue weighted by molar-refractivity contribution is -0.122. The zero-order valence-corrected chi connectivity index (χ0v) is 9.31. The Bertz CT molecular complexity index is 203. The topological polar surface area (TPSA) is 55.1 Å². The van der Waals surface area contributed by atoms with Crippen molar-refractivity contribution in [1.82, 2.24) is 5.32 Å². The largest absolute Gasteiger partial charge is 0.356 e. The first-order chi connectivity index (χ1) is 6.58. The summed E-state index contributed by atoms with van der Waals surface area (Å²) in [5, 5.41) is 2.91. The van der Waals surface area contributed by atoms with Gasteiger partial charge in [0.1, 0.15) is 0 Å². The summed E-state index contributed by atoms with van der Waals surface area (Å²) in [5.74, 6) is 0.790. The highest BCUT2D eigenvalue weighted by atomic mass is 16.1. The minimum atomic E-state index is 0.0642. The van der Waals surface area contributed by atoms with Crippen LogP contribution in [-0.4, -0.2) is 19.0 Å². The van der Waals surface area contributed by atoms with Crippen LogP contribution in [0.25, 0.3) is 0 Å². The zero-order chi connectivity index (χ0) is 10.6. The monoisotopic (exact) mass is 198 g/mol. The summed E-state index contributed by atoms with van der Waals surface area (Å²) in [6, 6.07) is 0. The van der Waals surface area contributed by atoms with Crippen molar-refractivity contribution in [3.8, 4) is 0 Å². The third-order valence-corrected chi connectivity index (χ3v) is 3.02. The number of hydrogen-bond acceptors (Lipinski definition) is 2. The number of amides is 1. The highest BCUT2D eigenvalue weighted by molar-refractivity contribution is 5.77. The Morgan fingerprint density at radius 2 is 2.29 bits per heavy atom. The van der Waals surface area contributed by atoms with Gasteiger partial charge in [-0.3, -0.25) is 4.79 Å². The third-order valence-electron chi connectivity index (χ3n) is 3.02. The van der Waals surface area contributed by atoms with Crippen LogP contribution in [-0.2, 0) is 4.79 Å². The highest BCUT2D eigenvalue weighted by Gasteiger charge is 2.33. The first-order valence-electron chi connectivity index (χ1n) is 5.55. The molecule has 0 aliphatic carbocycles. The van der Waals surface area contributed by atoms with Gasteiger partial charge in [-0.1, -0.05) is 13.8 Å². The second-order valence-corrected chi connectivity index (χ2v) is 4.93. The van der Waals surface area contributed by atoms with Crippen LogP contribution >= 0.6 is 0 Å². The Balaban J connectivity index is 2.68. The van der Waals surface area contributed by atoms with Crippen LogP contribution in [0.2, 0.25) is 0 Å². The molecule has 0 radical (unpaired) electrons. The Hall–Kier alpha value is -0.570. The van der Waals surface area contributed by atoms with Gasteiger partial charge in [-0.15, -0.1) is 0 Å². The van der Waals surface area contributed by atoms with Crippen molar-refractivity contribution in [2.24, 2.45) is 17.1 Å². The first kappa shape index (κ1) is 11.5. The molecule has 0 spiro atoms. The smallest absolute Gasteiger partial charge is 0.220 e. The van der Waals surface area contributed by atoms with Gasteiger partial charge in [-0.25, -0.2) is 0 Å². The van der Waals surface area contributed by atoms with Crippen molar-refractivity contribution in [2.45, 2.75) is 39.5 Å². The van der Waals surface area contributed by atoms with Gasteiger partial charge in [0.25, 0.3) is 0 Å². The molecule has 0 aromatic carbocycles. The van der Waals surface area contributed by atoms with E-state index in [0.717, 1.165) is 25.8 Å². The number of nitrogens with one attached hydrogen (secondary N) is 1. The predicted molar refractivity (Wildman–Crippen MR) is 57.8 cm³/mol. The Morgan fingerprint density at radius 1 is 1.57 bits per heavy atom. The Morgan fingerprint density at radius 3 is 2.86 bits per heavy atom. The van der Waals surface area contributed by atoms with Crippen molar-refractivity contribution >= 4 is 5.91 Å². The lowest BCUT2D eigenvalue weighted by atomic mass is 9.74. The number of hydrogen-bond donors (Lipinski definition) is 2. The van der Waals surface area contributed by atoms with E-state index in [1.807, 2.05) is 0 Å². The number of nitrogens with two attached hydrogens (primary N) is 1. The average molecular weight is 198 g/mol. The van der Waals surface area contributed by atoms with E-state index >= 15 is 0 Å². The van der Waals surface area contributed by atoms with Gasteiger partial charge in [0.2, 0.25) is 5.91 Å². The van der Waals surface area contributed by atoms with E-state index in [4.69, 9.17) is 5.73 Å². The maximum absolute atomic E-state index is 11.5. The highest BCUT2D eigenvalue weighted by Crippen LogP contribution is 2.35. The minimum absolute atomic E-state index is 0.0642. The summed E-state index contributed by atoms with van der Waals surface area (Å²) < 4.78 is 0. The molecule has 1 amide bonds. The molecule has 0 saturated carbocycles. The van der Waals surface area contributed by atoms with Gasteiger partial charge >= 0.3 is 0 Å². The number of carbonyl (C=O) groups excluding carboxylic acids is 1. The van der Waals surface area contributed by atoms with Crippen LogP contribution in [0, 0.1) is 11.3 Å². The zero-order valence-electron chi connectivity index (χ0n) is 9.31. The molecule has 1 rings (SSSR count). The van der Waals surface area contributed by atoms with Crippen LogP contribution in [0.5, 0.6) is 0 Å². The van der Waals surface area contributed by atoms with Crippen LogP contribution in [0.4, 0.5) is 0 Å². The van der Waals surface area contributed by atoms with Gasteiger partial charge in [0.15, 0.2) is 0 Å². The van der Waals surface area contributed by atoms with Crippen molar-refractivity contribution < 1.29 is 4.79 Å². The molecule has 3 nitrogen and oxygen atoms in total. The molecule has 0 aromatic heterocycles. The molecule has 1 unspecified atom stereocenters. The molecule has 3 heteroatoms. The molecule has 14 heavy (non-hydrogen) atoms. The molecule has 0 bridgehead atoms. The van der Waals surface area contributed by atoms with Crippen LogP contribution in [0.1, 0.15) is 39.5 Å². The number of carbonyl (C=O) groups is 1. The summed E-state index contributed by atoms with van der Waals surface area (Å²) in [7, 11) is 0. The van der Waals surface area contributed by atoms with E-state index in [1.165, 1.54) is 0 Å². The first-order valence-corrected chi connectivity index (χ1v) is 5.55. The second kappa shape index (κ2) is 4.78. The minimum Gasteiger partial charge on any atom is -0.356 e. The maximum Gasteiger partial charge on any atom is 0.220 e. The van der Waals surface area contributed by atoms with Gasteiger partial charge in [0.05, 0.1) is 0 Å². The van der Waals surface area contributed by atoms with E-state index in [-0.39, 0.29) is 11.3 Å². The van der Waals surface area contributed by atoms with Gasteiger partial charge < -0.3 is 11.1 Å². The summed E-state index contributed by atoms with van der Waals surface area (Å²) in [6.45, 7) is 5.84. The molecule has 3 N–H and O–H groups in total. The van der Waals surface area contributed by atoms with Crippen LogP contribution in [0.3, 0.4) is 0 Å². The fraction of sp³-hybridized carbons (Fsp3) is 0.909. The van der Waals surface area contributed by atoms with E-state index in [2.05, 4.69) is 19.2 Å². The molecule has 1 saturated heterocycles. The maximum atomic E-state index is 11.5. The van der Waals surface area contributed by atoms with Crippen molar-refractivity contribution in [2.75, 3.05) is 13.1 Å². The van der Waals surface area contributed by atoms with Crippen molar-refractivity contribution in [3.63, 3.8) is 0 Å². The molecule has 82 valence electrons. The summed E-state index contributed by atoms with van der Waals surface area (Å²) in [4.78, 5) is 11.5. The van der Waals surface area contributed by atoms with E-state index in [0.29, 0.717) is 18.9 Å². The molecule has 1 atom stereocenters. The van der Waals surface area contributed by atoms with Crippen LogP contribution < -0.4 is 11.1 Å². The fourth-order valence-electron chi connectivity index (χ4n) is 2.48. The van der Waals surface area contributed by atoms with E-state index in [9.17, 15) is 4.79 Å². The van der Waals surface area contributed by atoms with Crippen molar-refractivity contribution in [1.29, 1.82) is 0 Å². The van der Waals surface area contributed by atoms with Gasteiger partial charge in [-0.05, 0) is 37.1 Å². The van der Waals surface area contributed by atoms with Gasteiger partial charge in [-0.2, -0.15) is 0 Å². The molecule has 1 heterocycles. The summed E-state index contributed by atoms with van der Waals surface area (Å²) >= 11 is 0. The van der Waals surface area contributed by atoms with E-state index < -0.39 is 0 Å². The van der Waals surface area contributed by atoms with Gasteiger partial charge in [0, 0.05) is 13.0 Å². The molecule has 1 fully saturated rings. The van der Waals surface area contributed by atoms with Crippen LogP contribution in [0.15, 0.2) is 0 Å². The normalized spacial score (nSPS) is 28.7. The molecule has 1 aliphatic rings. The molecule has 1 aliphatic heterocycles. The Kier molecular flexibility index (Phi) is 3.93. The lowest BCUT2D eigenvalue weighted by Crippen LogP contribution is -2.35.